The van der Waals surface area contributed by atoms with Crippen LogP contribution in [0.15, 0.2) is 66.4 Å². The summed E-state index contributed by atoms with van der Waals surface area (Å²) < 4.78 is 17.5. The van der Waals surface area contributed by atoms with Crippen LogP contribution in [0.1, 0.15) is 46.5 Å². The van der Waals surface area contributed by atoms with Crippen LogP contribution in [0.5, 0.6) is 17.2 Å². The summed E-state index contributed by atoms with van der Waals surface area (Å²) in [5, 5.41) is 9.34. The number of aryl methyl sites for hydroxylation is 2. The molecule has 0 radical (unpaired) electrons. The molecule has 0 amide bonds. The molecule has 1 N–H and O–H groups in total. The zero-order valence-corrected chi connectivity index (χ0v) is 19.5. The number of ketones is 1. The third-order valence-corrected chi connectivity index (χ3v) is 5.54. The second-order valence-electron chi connectivity index (χ2n) is 8.77. The number of Topliss-reactive ketones (excluding diaryl/α,β-unsaturated/α-hetero) is 1. The highest BCUT2D eigenvalue weighted by molar-refractivity contribution is 6.14. The summed E-state index contributed by atoms with van der Waals surface area (Å²) in [6.45, 7) is 7.08. The van der Waals surface area contributed by atoms with E-state index in [1.54, 1.807) is 24.3 Å². The summed E-state index contributed by atoms with van der Waals surface area (Å²) in [5.74, 6) is 0.698. The van der Waals surface area contributed by atoms with Crippen molar-refractivity contribution >= 4 is 17.8 Å². The molecule has 0 aromatic heterocycles. The number of benzene rings is 3. The molecule has 174 valence electrons. The smallest absolute Gasteiger partial charge is 0.347 e. The molecule has 0 spiro atoms. The van der Waals surface area contributed by atoms with Crippen molar-refractivity contribution in [1.82, 2.24) is 0 Å². The van der Waals surface area contributed by atoms with E-state index in [0.717, 1.165) is 22.3 Å². The van der Waals surface area contributed by atoms with Crippen molar-refractivity contribution in [2.75, 3.05) is 0 Å². The van der Waals surface area contributed by atoms with Crippen LogP contribution >= 0.6 is 0 Å². The standard InChI is InChI=1S/C28H26O6/c1-17-12-20(13-18(2)26(17)34-28(3,4)27(30)31)16-32-21-10-11-22-23(15-21)33-24(25(22)29)14-19-8-6-5-7-9-19/h5-15H,16H2,1-4H3,(H,30,31)/b24-14-. The van der Waals surface area contributed by atoms with Gasteiger partial charge < -0.3 is 19.3 Å². The number of fused-ring (bicyclic) bond motifs is 1. The number of hydrogen-bond donors (Lipinski definition) is 1. The summed E-state index contributed by atoms with van der Waals surface area (Å²) in [4.78, 5) is 24.1. The number of aliphatic carboxylic acids is 1. The molecule has 0 saturated heterocycles. The normalized spacial score (nSPS) is 14.0. The van der Waals surface area contributed by atoms with Gasteiger partial charge in [0.05, 0.1) is 5.56 Å². The molecule has 1 aliphatic rings. The molecule has 3 aromatic rings. The Morgan fingerprint density at radius 3 is 2.35 bits per heavy atom. The Balaban J connectivity index is 1.47. The Labute approximate surface area is 198 Å². The van der Waals surface area contributed by atoms with Crippen LogP contribution in [-0.2, 0) is 11.4 Å². The van der Waals surface area contributed by atoms with Gasteiger partial charge in [0.1, 0.15) is 23.9 Å². The van der Waals surface area contributed by atoms with Crippen molar-refractivity contribution in [2.24, 2.45) is 0 Å². The monoisotopic (exact) mass is 458 g/mol. The van der Waals surface area contributed by atoms with Crippen LogP contribution < -0.4 is 14.2 Å². The van der Waals surface area contributed by atoms with E-state index in [0.29, 0.717) is 29.4 Å². The van der Waals surface area contributed by atoms with E-state index < -0.39 is 11.6 Å². The van der Waals surface area contributed by atoms with Crippen LogP contribution in [-0.4, -0.2) is 22.5 Å². The summed E-state index contributed by atoms with van der Waals surface area (Å²) in [6, 6.07) is 18.5. The van der Waals surface area contributed by atoms with Gasteiger partial charge >= 0.3 is 5.97 Å². The van der Waals surface area contributed by atoms with Gasteiger partial charge in [-0.15, -0.1) is 0 Å². The maximum absolute atomic E-state index is 12.7. The minimum atomic E-state index is -1.33. The average molecular weight is 459 g/mol. The number of carboxylic acid groups (broad SMARTS) is 1. The van der Waals surface area contributed by atoms with Crippen molar-refractivity contribution in [1.29, 1.82) is 0 Å². The van der Waals surface area contributed by atoms with Gasteiger partial charge in [0.25, 0.3) is 0 Å². The minimum absolute atomic E-state index is 0.156. The molecule has 34 heavy (non-hydrogen) atoms. The molecule has 6 nitrogen and oxygen atoms in total. The highest BCUT2D eigenvalue weighted by Crippen LogP contribution is 2.35. The predicted molar refractivity (Wildman–Crippen MR) is 128 cm³/mol. The fourth-order valence-corrected chi connectivity index (χ4v) is 3.71. The van der Waals surface area contributed by atoms with E-state index in [1.807, 2.05) is 56.3 Å². The molecule has 0 fully saturated rings. The van der Waals surface area contributed by atoms with E-state index in [4.69, 9.17) is 14.2 Å². The first-order valence-corrected chi connectivity index (χ1v) is 10.9. The third-order valence-electron chi connectivity index (χ3n) is 5.54. The van der Waals surface area contributed by atoms with Crippen molar-refractivity contribution < 1.29 is 28.9 Å². The molecule has 0 aliphatic carbocycles. The lowest BCUT2D eigenvalue weighted by molar-refractivity contribution is -0.152. The predicted octanol–water partition coefficient (Wildman–Crippen LogP) is 5.74. The molecular formula is C28H26O6. The van der Waals surface area contributed by atoms with Gasteiger partial charge in [0.2, 0.25) is 5.78 Å². The highest BCUT2D eigenvalue weighted by atomic mass is 16.5. The Hall–Kier alpha value is -4.06. The van der Waals surface area contributed by atoms with Gasteiger partial charge in [-0.2, -0.15) is 0 Å². The first-order chi connectivity index (χ1) is 16.1. The number of carboxylic acids is 1. The van der Waals surface area contributed by atoms with Crippen LogP contribution in [0, 0.1) is 13.8 Å². The van der Waals surface area contributed by atoms with E-state index in [9.17, 15) is 14.7 Å². The van der Waals surface area contributed by atoms with Crippen molar-refractivity contribution in [3.63, 3.8) is 0 Å². The maximum atomic E-state index is 12.7. The van der Waals surface area contributed by atoms with Crippen molar-refractivity contribution in [3.05, 3.63) is 94.2 Å². The zero-order valence-electron chi connectivity index (χ0n) is 19.5. The van der Waals surface area contributed by atoms with Crippen LogP contribution in [0.4, 0.5) is 0 Å². The first kappa shape index (κ1) is 23.1. The first-order valence-electron chi connectivity index (χ1n) is 10.9. The zero-order chi connectivity index (χ0) is 24.5. The molecule has 6 heteroatoms. The quantitative estimate of drug-likeness (QED) is 0.455. The fraction of sp³-hybridized carbons (Fsp3) is 0.214. The molecule has 0 unspecified atom stereocenters. The van der Waals surface area contributed by atoms with Gasteiger partial charge in [-0.3, -0.25) is 4.79 Å². The third kappa shape index (κ3) is 4.81. The summed E-state index contributed by atoms with van der Waals surface area (Å²) in [7, 11) is 0. The second-order valence-corrected chi connectivity index (χ2v) is 8.77. The molecule has 1 aliphatic heterocycles. The number of ether oxygens (including phenoxy) is 3. The lowest BCUT2D eigenvalue weighted by Gasteiger charge is -2.24. The van der Waals surface area contributed by atoms with Gasteiger partial charge in [-0.05, 0) is 80.3 Å². The van der Waals surface area contributed by atoms with Crippen LogP contribution in [0.2, 0.25) is 0 Å². The van der Waals surface area contributed by atoms with Gasteiger partial charge in [0, 0.05) is 6.07 Å². The fourth-order valence-electron chi connectivity index (χ4n) is 3.71. The summed E-state index contributed by atoms with van der Waals surface area (Å²) in [5.41, 5.74) is 2.63. The summed E-state index contributed by atoms with van der Waals surface area (Å²) in [6.07, 6.45) is 1.73. The van der Waals surface area contributed by atoms with Crippen LogP contribution in [0.3, 0.4) is 0 Å². The largest absolute Gasteiger partial charge is 0.489 e. The van der Waals surface area contributed by atoms with Crippen LogP contribution in [0.25, 0.3) is 6.08 Å². The molecule has 0 bridgehead atoms. The van der Waals surface area contributed by atoms with Crippen molar-refractivity contribution in [2.45, 2.75) is 39.9 Å². The SMILES string of the molecule is Cc1cc(COc2ccc3c(c2)O/C(=C\c2ccccc2)C3=O)cc(C)c1OC(C)(C)C(=O)O. The maximum Gasteiger partial charge on any atom is 0.347 e. The Morgan fingerprint density at radius 1 is 1.03 bits per heavy atom. The van der Waals surface area contributed by atoms with E-state index in [2.05, 4.69) is 0 Å². The highest BCUT2D eigenvalue weighted by Gasteiger charge is 2.31. The molecule has 0 atom stereocenters. The van der Waals surface area contributed by atoms with Gasteiger partial charge in [-0.1, -0.05) is 30.3 Å². The van der Waals surface area contributed by atoms with Gasteiger partial charge in [-0.25, -0.2) is 4.79 Å². The number of hydrogen-bond acceptors (Lipinski definition) is 5. The number of rotatable bonds is 7. The van der Waals surface area contributed by atoms with E-state index in [1.165, 1.54) is 13.8 Å². The van der Waals surface area contributed by atoms with E-state index >= 15 is 0 Å². The van der Waals surface area contributed by atoms with Gasteiger partial charge in [0.15, 0.2) is 11.4 Å². The molecule has 4 rings (SSSR count). The minimum Gasteiger partial charge on any atom is -0.489 e. The lowest BCUT2D eigenvalue weighted by Crippen LogP contribution is -2.38. The Kier molecular flexibility index (Phi) is 6.16. The second kappa shape index (κ2) is 9.06. The lowest BCUT2D eigenvalue weighted by atomic mass is 10.0. The van der Waals surface area contributed by atoms with Crippen molar-refractivity contribution in [3.8, 4) is 17.2 Å². The summed E-state index contributed by atoms with van der Waals surface area (Å²) >= 11 is 0. The Bertz CT molecular complexity index is 1260. The molecule has 1 heterocycles. The topological polar surface area (TPSA) is 82.1 Å². The Morgan fingerprint density at radius 2 is 1.71 bits per heavy atom. The molecule has 3 aromatic carbocycles. The average Bonchev–Trinajstić information content (AvgIpc) is 3.10. The number of allylic oxidation sites excluding steroid dienone is 1. The van der Waals surface area contributed by atoms with E-state index in [-0.39, 0.29) is 11.5 Å². The number of carbonyl (C=O) groups excluding carboxylic acids is 1. The molecular weight excluding hydrogens is 432 g/mol. The molecule has 0 saturated carbocycles. The number of carbonyl (C=O) groups is 2.